The number of carbonyl (C=O) groups excluding carboxylic acids is 1. The third kappa shape index (κ3) is 5.55. The number of fused-ring (bicyclic) bond motifs is 1. The zero-order valence-electron chi connectivity index (χ0n) is 21.1. The summed E-state index contributed by atoms with van der Waals surface area (Å²) in [5, 5.41) is 12.4. The molecule has 0 radical (unpaired) electrons. The van der Waals surface area contributed by atoms with Crippen LogP contribution in [0, 0.1) is 5.92 Å². The lowest BCUT2D eigenvalue weighted by Gasteiger charge is -2.38. The van der Waals surface area contributed by atoms with Crippen LogP contribution in [-0.2, 0) is 11.2 Å². The van der Waals surface area contributed by atoms with Crippen LogP contribution in [0.25, 0.3) is 0 Å². The molecule has 190 valence electrons. The Labute approximate surface area is 205 Å². The van der Waals surface area contributed by atoms with Gasteiger partial charge in [0, 0.05) is 6.54 Å². The predicted octanol–water partition coefficient (Wildman–Crippen LogP) is 3.88. The second-order valence-electron chi connectivity index (χ2n) is 8.84. The summed E-state index contributed by atoms with van der Waals surface area (Å²) in [6, 6.07) is 7.36. The van der Waals surface area contributed by atoms with Gasteiger partial charge in [-0.2, -0.15) is 0 Å². The van der Waals surface area contributed by atoms with E-state index in [0.29, 0.717) is 42.4 Å². The Bertz CT molecular complexity index is 1070. The van der Waals surface area contributed by atoms with Gasteiger partial charge in [-0.1, -0.05) is 19.9 Å². The van der Waals surface area contributed by atoms with Crippen LogP contribution in [0.5, 0.6) is 23.0 Å². The van der Waals surface area contributed by atoms with Crippen LogP contribution in [0.15, 0.2) is 30.3 Å². The van der Waals surface area contributed by atoms with Crippen molar-refractivity contribution in [3.8, 4) is 23.0 Å². The van der Waals surface area contributed by atoms with E-state index in [2.05, 4.69) is 5.32 Å². The summed E-state index contributed by atoms with van der Waals surface area (Å²) < 4.78 is 21.9. The van der Waals surface area contributed by atoms with Crippen molar-refractivity contribution in [2.45, 2.75) is 38.8 Å². The smallest absolute Gasteiger partial charge is 0.326 e. The number of methoxy groups -OCH3 is 4. The lowest BCUT2D eigenvalue weighted by molar-refractivity contribution is -0.139. The molecule has 2 aromatic carbocycles. The van der Waals surface area contributed by atoms with E-state index in [1.165, 1.54) is 0 Å². The monoisotopic (exact) mass is 486 g/mol. The maximum Gasteiger partial charge on any atom is 0.326 e. The van der Waals surface area contributed by atoms with Gasteiger partial charge in [-0.3, -0.25) is 0 Å². The van der Waals surface area contributed by atoms with E-state index >= 15 is 0 Å². The third-order valence-corrected chi connectivity index (χ3v) is 6.16. The van der Waals surface area contributed by atoms with E-state index in [0.717, 1.165) is 16.7 Å². The molecule has 0 aliphatic carbocycles. The van der Waals surface area contributed by atoms with Crippen LogP contribution in [0.1, 0.15) is 43.0 Å². The number of nitrogens with one attached hydrogen (secondary N) is 1. The number of carbonyl (C=O) groups is 2. The first-order chi connectivity index (χ1) is 16.7. The van der Waals surface area contributed by atoms with Crippen molar-refractivity contribution >= 4 is 12.0 Å². The molecule has 1 aliphatic rings. The molecule has 0 fully saturated rings. The second kappa shape index (κ2) is 11.2. The van der Waals surface area contributed by atoms with Gasteiger partial charge in [-0.15, -0.1) is 0 Å². The van der Waals surface area contributed by atoms with Crippen molar-refractivity contribution in [1.82, 2.24) is 10.2 Å². The molecule has 3 rings (SSSR count). The molecular weight excluding hydrogens is 452 g/mol. The van der Waals surface area contributed by atoms with Crippen molar-refractivity contribution in [2.24, 2.45) is 5.92 Å². The third-order valence-electron chi connectivity index (χ3n) is 6.16. The first-order valence-electron chi connectivity index (χ1n) is 11.5. The van der Waals surface area contributed by atoms with Gasteiger partial charge in [0.15, 0.2) is 23.0 Å². The van der Waals surface area contributed by atoms with Crippen LogP contribution in [0.3, 0.4) is 0 Å². The average molecular weight is 487 g/mol. The largest absolute Gasteiger partial charge is 0.493 e. The summed E-state index contributed by atoms with van der Waals surface area (Å²) in [6.07, 6.45) is 0.909. The highest BCUT2D eigenvalue weighted by Gasteiger charge is 2.35. The lowest BCUT2D eigenvalue weighted by atomic mass is 9.87. The standard InChI is InChI=1S/C26H34N2O7/c1-15(2)11-19(25(29)30)27-26(31)28-10-9-16-12-22(34-5)23(35-6)14-18(16)24(28)17-7-8-20(32-3)21(13-17)33-4/h7-8,12-15,19,24H,9-11H2,1-6H3,(H,27,31)(H,29,30)/t19-,24-/m0/s1. The van der Waals surface area contributed by atoms with Crippen LogP contribution in [0.2, 0.25) is 0 Å². The topological polar surface area (TPSA) is 107 Å². The van der Waals surface area contributed by atoms with Gasteiger partial charge in [-0.05, 0) is 59.7 Å². The highest BCUT2D eigenvalue weighted by atomic mass is 16.5. The zero-order chi connectivity index (χ0) is 25.7. The molecule has 1 aliphatic heterocycles. The maximum absolute atomic E-state index is 13.5. The number of amides is 2. The highest BCUT2D eigenvalue weighted by molar-refractivity contribution is 5.83. The molecule has 1 heterocycles. The van der Waals surface area contributed by atoms with Crippen LogP contribution < -0.4 is 24.3 Å². The van der Waals surface area contributed by atoms with Crippen LogP contribution in [0.4, 0.5) is 4.79 Å². The molecule has 35 heavy (non-hydrogen) atoms. The Hall–Kier alpha value is -3.62. The van der Waals surface area contributed by atoms with Crippen molar-refractivity contribution < 1.29 is 33.6 Å². The number of carboxylic acid groups (broad SMARTS) is 1. The van der Waals surface area contributed by atoms with Gasteiger partial charge >= 0.3 is 12.0 Å². The van der Waals surface area contributed by atoms with Gasteiger partial charge in [0.2, 0.25) is 0 Å². The number of nitrogens with zero attached hydrogens (tertiary/aromatic N) is 1. The minimum Gasteiger partial charge on any atom is -0.493 e. The fourth-order valence-corrected chi connectivity index (χ4v) is 4.47. The second-order valence-corrected chi connectivity index (χ2v) is 8.84. The summed E-state index contributed by atoms with van der Waals surface area (Å²) in [5.41, 5.74) is 2.68. The van der Waals surface area contributed by atoms with Crippen molar-refractivity contribution in [3.05, 3.63) is 47.0 Å². The normalized spacial score (nSPS) is 15.7. The van der Waals surface area contributed by atoms with Crippen molar-refractivity contribution in [2.75, 3.05) is 35.0 Å². The summed E-state index contributed by atoms with van der Waals surface area (Å²) >= 11 is 0. The average Bonchev–Trinajstić information content (AvgIpc) is 2.85. The molecule has 2 amide bonds. The van der Waals surface area contributed by atoms with Gasteiger partial charge in [-0.25, -0.2) is 9.59 Å². The molecule has 0 saturated carbocycles. The Balaban J connectivity index is 2.10. The Morgan fingerprint density at radius 3 is 2.14 bits per heavy atom. The number of rotatable bonds is 9. The van der Waals surface area contributed by atoms with E-state index in [-0.39, 0.29) is 5.92 Å². The molecule has 0 unspecified atom stereocenters. The first-order valence-corrected chi connectivity index (χ1v) is 11.5. The Morgan fingerprint density at radius 1 is 0.971 bits per heavy atom. The van der Waals surface area contributed by atoms with Gasteiger partial charge in [0.25, 0.3) is 0 Å². The summed E-state index contributed by atoms with van der Waals surface area (Å²) in [5.74, 6) is 1.30. The molecule has 0 spiro atoms. The number of hydrogen-bond acceptors (Lipinski definition) is 6. The predicted molar refractivity (Wildman–Crippen MR) is 131 cm³/mol. The highest BCUT2D eigenvalue weighted by Crippen LogP contribution is 2.42. The van der Waals surface area contributed by atoms with Crippen molar-refractivity contribution in [1.29, 1.82) is 0 Å². The minimum atomic E-state index is -1.06. The molecule has 2 atom stereocenters. The Kier molecular flexibility index (Phi) is 8.32. The quantitative estimate of drug-likeness (QED) is 0.554. The number of urea groups is 1. The number of ether oxygens (including phenoxy) is 4. The fraction of sp³-hybridized carbons (Fsp3) is 0.462. The number of benzene rings is 2. The SMILES string of the molecule is COc1ccc([C@H]2c3cc(OC)c(OC)cc3CCN2C(=O)N[C@@H](CC(C)C)C(=O)O)cc1OC. The lowest BCUT2D eigenvalue weighted by Crippen LogP contribution is -2.51. The van der Waals surface area contributed by atoms with Gasteiger partial charge < -0.3 is 34.3 Å². The van der Waals surface area contributed by atoms with Crippen LogP contribution >= 0.6 is 0 Å². The number of aliphatic carboxylic acids is 1. The Morgan fingerprint density at radius 2 is 1.57 bits per heavy atom. The molecule has 9 heteroatoms. The molecular formula is C26H34N2O7. The number of carboxylic acids is 1. The number of hydrogen-bond donors (Lipinski definition) is 2. The van der Waals surface area contributed by atoms with Crippen molar-refractivity contribution in [3.63, 3.8) is 0 Å². The van der Waals surface area contributed by atoms with Crippen LogP contribution in [-0.4, -0.2) is 63.0 Å². The molecule has 0 saturated heterocycles. The molecule has 0 bridgehead atoms. The molecule has 2 N–H and O–H groups in total. The molecule has 0 aromatic heterocycles. The van der Waals surface area contributed by atoms with E-state index in [9.17, 15) is 14.7 Å². The fourth-order valence-electron chi connectivity index (χ4n) is 4.47. The summed E-state index contributed by atoms with van der Waals surface area (Å²) in [6.45, 7) is 4.23. The summed E-state index contributed by atoms with van der Waals surface area (Å²) in [7, 11) is 6.26. The van der Waals surface area contributed by atoms with E-state index in [1.807, 2.05) is 38.1 Å². The van der Waals surface area contributed by atoms with Gasteiger partial charge in [0.05, 0.1) is 34.5 Å². The van der Waals surface area contributed by atoms with E-state index < -0.39 is 24.1 Å². The maximum atomic E-state index is 13.5. The van der Waals surface area contributed by atoms with Gasteiger partial charge in [0.1, 0.15) is 6.04 Å². The molecule has 9 nitrogen and oxygen atoms in total. The summed E-state index contributed by atoms with van der Waals surface area (Å²) in [4.78, 5) is 27.0. The van der Waals surface area contributed by atoms with E-state index in [4.69, 9.17) is 18.9 Å². The zero-order valence-corrected chi connectivity index (χ0v) is 21.1. The van der Waals surface area contributed by atoms with E-state index in [1.54, 1.807) is 39.4 Å². The first kappa shape index (κ1) is 26.0. The molecule has 2 aromatic rings. The minimum absolute atomic E-state index is 0.108.